The number of hydrogen-bond acceptors (Lipinski definition) is 6. The number of nitrogens with one attached hydrogen (secondary N) is 2. The lowest BCUT2D eigenvalue weighted by molar-refractivity contribution is 0.614. The standard InChI is InChI=1S/C12H16FN5S/c1-4-8-5-15-11(19-8)7(2)17-10-9(13)6-16-12(14-3)18-10/h5-7H,4H2,1-3H3,(H2,14,16,17,18). The molecule has 0 aromatic carbocycles. The maximum atomic E-state index is 13.6. The highest BCUT2D eigenvalue weighted by atomic mass is 32.1. The van der Waals surface area contributed by atoms with Gasteiger partial charge in [0, 0.05) is 18.1 Å². The molecule has 0 aliphatic rings. The average molecular weight is 281 g/mol. The molecule has 2 rings (SSSR count). The normalized spacial score (nSPS) is 12.2. The van der Waals surface area contributed by atoms with Crippen LogP contribution in [-0.4, -0.2) is 22.0 Å². The Balaban J connectivity index is 2.15. The van der Waals surface area contributed by atoms with Gasteiger partial charge in [-0.2, -0.15) is 4.98 Å². The fourth-order valence-electron chi connectivity index (χ4n) is 1.54. The highest BCUT2D eigenvalue weighted by molar-refractivity contribution is 7.11. The lowest BCUT2D eigenvalue weighted by Crippen LogP contribution is -2.10. The number of aromatic nitrogens is 3. The summed E-state index contributed by atoms with van der Waals surface area (Å²) in [5.74, 6) is 0.0858. The Morgan fingerprint density at radius 1 is 1.37 bits per heavy atom. The zero-order valence-corrected chi connectivity index (χ0v) is 11.9. The highest BCUT2D eigenvalue weighted by Gasteiger charge is 2.14. The van der Waals surface area contributed by atoms with Crippen LogP contribution < -0.4 is 10.6 Å². The summed E-state index contributed by atoms with van der Waals surface area (Å²) in [6.07, 6.45) is 3.96. The van der Waals surface area contributed by atoms with E-state index in [0.29, 0.717) is 5.95 Å². The third kappa shape index (κ3) is 3.17. The molecule has 0 saturated heterocycles. The zero-order valence-electron chi connectivity index (χ0n) is 11.1. The van der Waals surface area contributed by atoms with Crippen molar-refractivity contribution in [2.75, 3.05) is 17.7 Å². The molecule has 0 amide bonds. The highest BCUT2D eigenvalue weighted by Crippen LogP contribution is 2.24. The van der Waals surface area contributed by atoms with Gasteiger partial charge in [0.25, 0.3) is 0 Å². The van der Waals surface area contributed by atoms with Gasteiger partial charge in [-0.15, -0.1) is 11.3 Å². The van der Waals surface area contributed by atoms with Crippen LogP contribution in [0, 0.1) is 5.82 Å². The van der Waals surface area contributed by atoms with E-state index in [9.17, 15) is 4.39 Å². The third-order valence-corrected chi connectivity index (χ3v) is 3.94. The number of thiazole rings is 1. The Labute approximate surface area is 115 Å². The summed E-state index contributed by atoms with van der Waals surface area (Å²) in [5, 5.41) is 6.72. The topological polar surface area (TPSA) is 62.7 Å². The predicted octanol–water partition coefficient (Wildman–Crippen LogP) is 2.85. The van der Waals surface area contributed by atoms with Crippen molar-refractivity contribution in [1.29, 1.82) is 0 Å². The van der Waals surface area contributed by atoms with E-state index in [1.165, 1.54) is 4.88 Å². The minimum Gasteiger partial charge on any atom is -0.359 e. The van der Waals surface area contributed by atoms with Gasteiger partial charge in [-0.3, -0.25) is 0 Å². The molecule has 7 heteroatoms. The van der Waals surface area contributed by atoms with Crippen molar-refractivity contribution in [1.82, 2.24) is 15.0 Å². The van der Waals surface area contributed by atoms with E-state index in [2.05, 4.69) is 32.5 Å². The predicted molar refractivity (Wildman–Crippen MR) is 75.1 cm³/mol. The number of hydrogen-bond donors (Lipinski definition) is 2. The van der Waals surface area contributed by atoms with Gasteiger partial charge in [0.15, 0.2) is 11.6 Å². The van der Waals surface area contributed by atoms with Crippen LogP contribution in [-0.2, 0) is 6.42 Å². The first kappa shape index (κ1) is 13.7. The molecular weight excluding hydrogens is 265 g/mol. The van der Waals surface area contributed by atoms with Gasteiger partial charge >= 0.3 is 0 Å². The summed E-state index contributed by atoms with van der Waals surface area (Å²) in [5.41, 5.74) is 0. The molecule has 102 valence electrons. The number of aryl methyl sites for hydroxylation is 1. The van der Waals surface area contributed by atoms with Crippen LogP contribution in [0.2, 0.25) is 0 Å². The van der Waals surface area contributed by atoms with Gasteiger partial charge in [0.1, 0.15) is 5.01 Å². The zero-order chi connectivity index (χ0) is 13.8. The maximum Gasteiger partial charge on any atom is 0.224 e. The summed E-state index contributed by atoms with van der Waals surface area (Å²) in [4.78, 5) is 13.4. The van der Waals surface area contributed by atoms with Gasteiger partial charge in [0.05, 0.1) is 12.2 Å². The fraction of sp³-hybridized carbons (Fsp3) is 0.417. The second-order valence-electron chi connectivity index (χ2n) is 4.02. The van der Waals surface area contributed by atoms with Crippen molar-refractivity contribution in [2.45, 2.75) is 26.3 Å². The molecule has 0 saturated carbocycles. The van der Waals surface area contributed by atoms with Crippen LogP contribution in [0.3, 0.4) is 0 Å². The van der Waals surface area contributed by atoms with Crippen molar-refractivity contribution in [3.8, 4) is 0 Å². The van der Waals surface area contributed by atoms with E-state index in [1.807, 2.05) is 13.1 Å². The second kappa shape index (κ2) is 5.92. The van der Waals surface area contributed by atoms with Crippen molar-refractivity contribution in [3.63, 3.8) is 0 Å². The van der Waals surface area contributed by atoms with E-state index in [0.717, 1.165) is 17.6 Å². The first-order chi connectivity index (χ1) is 9.13. The molecule has 2 N–H and O–H groups in total. The molecule has 2 heterocycles. The fourth-order valence-corrected chi connectivity index (χ4v) is 2.40. The lowest BCUT2D eigenvalue weighted by atomic mass is 10.3. The van der Waals surface area contributed by atoms with Crippen LogP contribution in [0.15, 0.2) is 12.4 Å². The molecule has 1 atom stereocenters. The van der Waals surface area contributed by atoms with Crippen LogP contribution in [0.1, 0.15) is 29.8 Å². The van der Waals surface area contributed by atoms with Crippen molar-refractivity contribution >= 4 is 23.1 Å². The monoisotopic (exact) mass is 281 g/mol. The molecule has 0 radical (unpaired) electrons. The van der Waals surface area contributed by atoms with E-state index in [-0.39, 0.29) is 11.9 Å². The van der Waals surface area contributed by atoms with Crippen molar-refractivity contribution in [3.05, 3.63) is 28.1 Å². The Kier molecular flexibility index (Phi) is 4.26. The summed E-state index contributed by atoms with van der Waals surface area (Å²) in [6.45, 7) is 4.01. The second-order valence-corrected chi connectivity index (χ2v) is 5.17. The van der Waals surface area contributed by atoms with E-state index in [1.54, 1.807) is 18.4 Å². The summed E-state index contributed by atoms with van der Waals surface area (Å²) in [7, 11) is 1.69. The summed E-state index contributed by atoms with van der Waals surface area (Å²) in [6, 6.07) is -0.0978. The lowest BCUT2D eigenvalue weighted by Gasteiger charge is -2.12. The van der Waals surface area contributed by atoms with Crippen LogP contribution in [0.4, 0.5) is 16.2 Å². The van der Waals surface area contributed by atoms with E-state index >= 15 is 0 Å². The smallest absolute Gasteiger partial charge is 0.224 e. The Bertz CT molecular complexity index is 557. The van der Waals surface area contributed by atoms with Crippen LogP contribution in [0.5, 0.6) is 0 Å². The number of anilines is 2. The number of halogens is 1. The minimum absolute atomic E-state index is 0.0978. The van der Waals surface area contributed by atoms with Crippen LogP contribution >= 0.6 is 11.3 Å². The van der Waals surface area contributed by atoms with E-state index < -0.39 is 5.82 Å². The molecule has 2 aromatic rings. The molecule has 1 unspecified atom stereocenters. The third-order valence-electron chi connectivity index (χ3n) is 2.61. The first-order valence-corrected chi connectivity index (χ1v) is 6.87. The molecule has 0 fully saturated rings. The number of nitrogens with zero attached hydrogens (tertiary/aromatic N) is 3. The molecule has 5 nitrogen and oxygen atoms in total. The van der Waals surface area contributed by atoms with Crippen molar-refractivity contribution in [2.24, 2.45) is 0 Å². The molecule has 19 heavy (non-hydrogen) atoms. The molecule has 0 bridgehead atoms. The molecule has 0 aliphatic carbocycles. The molecule has 2 aromatic heterocycles. The van der Waals surface area contributed by atoms with Gasteiger partial charge in [0.2, 0.25) is 5.95 Å². The number of rotatable bonds is 5. The quantitative estimate of drug-likeness (QED) is 0.882. The first-order valence-electron chi connectivity index (χ1n) is 6.05. The van der Waals surface area contributed by atoms with Crippen molar-refractivity contribution < 1.29 is 4.39 Å². The van der Waals surface area contributed by atoms with Gasteiger partial charge in [-0.1, -0.05) is 6.92 Å². The molecule has 0 aliphatic heterocycles. The summed E-state index contributed by atoms with van der Waals surface area (Å²) < 4.78 is 13.6. The Morgan fingerprint density at radius 3 is 2.79 bits per heavy atom. The van der Waals surface area contributed by atoms with E-state index in [4.69, 9.17) is 0 Å². The van der Waals surface area contributed by atoms with Gasteiger partial charge < -0.3 is 10.6 Å². The molecule has 0 spiro atoms. The largest absolute Gasteiger partial charge is 0.359 e. The SMILES string of the molecule is CCc1cnc(C(C)Nc2nc(NC)ncc2F)s1. The van der Waals surface area contributed by atoms with Gasteiger partial charge in [-0.05, 0) is 13.3 Å². The Hall–Kier alpha value is -1.76. The van der Waals surface area contributed by atoms with Gasteiger partial charge in [-0.25, -0.2) is 14.4 Å². The molecular formula is C12H16FN5S. The minimum atomic E-state index is -0.474. The maximum absolute atomic E-state index is 13.6. The Morgan fingerprint density at radius 2 is 2.16 bits per heavy atom. The summed E-state index contributed by atoms with van der Waals surface area (Å²) >= 11 is 1.62. The average Bonchev–Trinajstić information content (AvgIpc) is 2.90. The van der Waals surface area contributed by atoms with Crippen LogP contribution in [0.25, 0.3) is 0 Å².